The van der Waals surface area contributed by atoms with Crippen LogP contribution in [0, 0.1) is 19.8 Å². The molecule has 186 valence electrons. The lowest BCUT2D eigenvalue weighted by atomic mass is 9.94. The Kier molecular flexibility index (Phi) is 8.01. The molecule has 1 aliphatic rings. The summed E-state index contributed by atoms with van der Waals surface area (Å²) in [6.45, 7) is 7.40. The fourth-order valence-electron chi connectivity index (χ4n) is 4.17. The van der Waals surface area contributed by atoms with Gasteiger partial charge in [-0.2, -0.15) is 17.6 Å². The van der Waals surface area contributed by atoms with Crippen molar-refractivity contribution in [1.82, 2.24) is 25.9 Å². The second-order valence-corrected chi connectivity index (χ2v) is 9.83. The largest absolute Gasteiger partial charge is 0.480 e. The van der Waals surface area contributed by atoms with E-state index in [0.29, 0.717) is 36.3 Å². The molecular weight excluding hydrogens is 462 g/mol. The van der Waals surface area contributed by atoms with Crippen molar-refractivity contribution in [3.63, 3.8) is 0 Å². The number of carboxylic acids is 1. The van der Waals surface area contributed by atoms with Crippen molar-refractivity contribution in [3.8, 4) is 11.5 Å². The average molecular weight is 494 g/mol. The van der Waals surface area contributed by atoms with Crippen molar-refractivity contribution < 1.29 is 28.5 Å². The van der Waals surface area contributed by atoms with E-state index < -0.39 is 28.7 Å². The topological polar surface area (TPSA) is 160 Å². The molecule has 0 aromatic carbocycles. The molecule has 11 nitrogen and oxygen atoms in total. The van der Waals surface area contributed by atoms with Crippen molar-refractivity contribution in [2.24, 2.45) is 5.92 Å². The number of carbonyl (C=O) groups excluding carboxylic acids is 2. The first-order valence-corrected chi connectivity index (χ1v) is 11.8. The highest BCUT2D eigenvalue weighted by Gasteiger charge is 2.44. The van der Waals surface area contributed by atoms with E-state index in [1.165, 1.54) is 0 Å². The molecule has 2 heterocycles. The quantitative estimate of drug-likeness (QED) is 0.364. The normalized spacial score (nSPS) is 16.9. The Balaban J connectivity index is 1.72. The third kappa shape index (κ3) is 5.78. The zero-order chi connectivity index (χ0) is 25.0. The Morgan fingerprint density at radius 1 is 1.15 bits per heavy atom. The van der Waals surface area contributed by atoms with Crippen LogP contribution in [0.15, 0.2) is 9.05 Å². The van der Waals surface area contributed by atoms with Crippen LogP contribution >= 0.6 is 12.6 Å². The van der Waals surface area contributed by atoms with Crippen LogP contribution in [0.5, 0.6) is 0 Å². The van der Waals surface area contributed by atoms with Crippen LogP contribution in [0.25, 0.3) is 11.5 Å². The number of aryl methyl sites for hydroxylation is 2. The fraction of sp³-hybridized carbons (Fsp3) is 0.636. The van der Waals surface area contributed by atoms with E-state index in [2.05, 4.69) is 38.6 Å². The number of hydrogen-bond acceptors (Lipinski definition) is 9. The predicted octanol–water partition coefficient (Wildman–Crippen LogP) is 2.23. The van der Waals surface area contributed by atoms with Gasteiger partial charge in [-0.15, -0.1) is 0 Å². The van der Waals surface area contributed by atoms with Crippen LogP contribution < -0.4 is 10.6 Å². The Morgan fingerprint density at radius 2 is 1.82 bits per heavy atom. The van der Waals surface area contributed by atoms with Crippen LogP contribution in [0.4, 0.5) is 0 Å². The number of rotatable bonds is 10. The maximum absolute atomic E-state index is 13.2. The summed E-state index contributed by atoms with van der Waals surface area (Å²) in [5, 5.41) is 22.3. The molecule has 2 amide bonds. The third-order valence-corrected chi connectivity index (χ3v) is 6.40. The van der Waals surface area contributed by atoms with Gasteiger partial charge in [0.1, 0.15) is 22.9 Å². The van der Waals surface area contributed by atoms with Gasteiger partial charge < -0.3 is 24.8 Å². The summed E-state index contributed by atoms with van der Waals surface area (Å²) in [6.07, 6.45) is 2.72. The number of aromatic nitrogens is 3. The van der Waals surface area contributed by atoms with E-state index in [9.17, 15) is 19.5 Å². The number of thiol groups is 1. The molecule has 1 fully saturated rings. The maximum Gasteiger partial charge on any atom is 0.326 e. The summed E-state index contributed by atoms with van der Waals surface area (Å²) in [7, 11) is 0. The molecule has 2 atom stereocenters. The number of nitrogens with zero attached hydrogens (tertiary/aromatic N) is 3. The van der Waals surface area contributed by atoms with Crippen molar-refractivity contribution in [3.05, 3.63) is 17.3 Å². The van der Waals surface area contributed by atoms with E-state index in [1.807, 2.05) is 13.8 Å². The molecule has 2 unspecified atom stereocenters. The zero-order valence-corrected chi connectivity index (χ0v) is 20.6. The monoisotopic (exact) mass is 493 g/mol. The minimum absolute atomic E-state index is 0.111. The van der Waals surface area contributed by atoms with Crippen LogP contribution in [0.2, 0.25) is 0 Å². The fourth-order valence-corrected chi connectivity index (χ4v) is 4.65. The van der Waals surface area contributed by atoms with Gasteiger partial charge in [-0.1, -0.05) is 37.0 Å². The van der Waals surface area contributed by atoms with Crippen LogP contribution in [0.1, 0.15) is 63.2 Å². The van der Waals surface area contributed by atoms with Gasteiger partial charge in [0.2, 0.25) is 11.8 Å². The van der Waals surface area contributed by atoms with Gasteiger partial charge in [-0.25, -0.2) is 4.79 Å². The molecule has 3 N–H and O–H groups in total. The van der Waals surface area contributed by atoms with Gasteiger partial charge in [0, 0.05) is 6.42 Å². The zero-order valence-electron chi connectivity index (χ0n) is 19.8. The smallest absolute Gasteiger partial charge is 0.326 e. The van der Waals surface area contributed by atoms with Gasteiger partial charge in [0.25, 0.3) is 5.89 Å². The lowest BCUT2D eigenvalue weighted by Gasteiger charge is -2.31. The van der Waals surface area contributed by atoms with Crippen LogP contribution in [-0.4, -0.2) is 55.0 Å². The second kappa shape index (κ2) is 10.6. The van der Waals surface area contributed by atoms with Gasteiger partial charge in [-0.3, -0.25) is 9.59 Å². The van der Waals surface area contributed by atoms with E-state index in [4.69, 9.17) is 9.05 Å². The second-order valence-electron chi connectivity index (χ2n) is 9.21. The average Bonchev–Trinajstić information content (AvgIpc) is 3.48. The summed E-state index contributed by atoms with van der Waals surface area (Å²) in [5.41, 5.74) is -0.0540. The highest BCUT2D eigenvalue weighted by Crippen LogP contribution is 2.31. The molecule has 2 aromatic rings. The standard InChI is InChI=1S/C22H31N5O6S/c1-11(2)9-15(34)18(28)25-22(7-5-6-8-22)21(31)23-14(20(29)30)10-16-24-19(33-27-16)17-12(3)26-32-13(17)4/h11,14-15,34H,5-10H2,1-4H3,(H,23,31)(H,25,28)(H,29,30). The van der Waals surface area contributed by atoms with Crippen molar-refractivity contribution in [2.75, 3.05) is 0 Å². The van der Waals surface area contributed by atoms with E-state index in [1.54, 1.807) is 13.8 Å². The summed E-state index contributed by atoms with van der Waals surface area (Å²) in [6, 6.07) is -1.31. The Bertz CT molecular complexity index is 1020. The number of carbonyl (C=O) groups is 3. The predicted molar refractivity (Wildman–Crippen MR) is 124 cm³/mol. The van der Waals surface area contributed by atoms with Gasteiger partial charge >= 0.3 is 5.97 Å². The highest BCUT2D eigenvalue weighted by atomic mass is 32.1. The molecule has 34 heavy (non-hydrogen) atoms. The Morgan fingerprint density at radius 3 is 2.38 bits per heavy atom. The first-order chi connectivity index (χ1) is 16.0. The number of amides is 2. The number of hydrogen-bond donors (Lipinski definition) is 4. The first-order valence-electron chi connectivity index (χ1n) is 11.3. The molecule has 3 rings (SSSR count). The highest BCUT2D eigenvalue weighted by molar-refractivity contribution is 7.81. The molecule has 0 spiro atoms. The molecule has 1 saturated carbocycles. The molecule has 0 aliphatic heterocycles. The van der Waals surface area contributed by atoms with Crippen molar-refractivity contribution in [2.45, 2.75) is 83.1 Å². The van der Waals surface area contributed by atoms with Gasteiger partial charge in [0.15, 0.2) is 5.82 Å². The SMILES string of the molecule is Cc1noc(C)c1-c1nc(CC(NC(=O)C2(NC(=O)C(S)CC(C)C)CCCC2)C(=O)O)no1. The minimum atomic E-state index is -1.31. The maximum atomic E-state index is 13.2. The van der Waals surface area contributed by atoms with Crippen molar-refractivity contribution >= 4 is 30.4 Å². The minimum Gasteiger partial charge on any atom is -0.480 e. The first kappa shape index (κ1) is 25.7. The van der Waals surface area contributed by atoms with Gasteiger partial charge in [-0.05, 0) is 39.0 Å². The van der Waals surface area contributed by atoms with Gasteiger partial charge in [0.05, 0.1) is 10.9 Å². The number of nitrogens with one attached hydrogen (secondary N) is 2. The lowest BCUT2D eigenvalue weighted by Crippen LogP contribution is -2.61. The van der Waals surface area contributed by atoms with Crippen molar-refractivity contribution in [1.29, 1.82) is 0 Å². The molecule has 2 aromatic heterocycles. The van der Waals surface area contributed by atoms with E-state index >= 15 is 0 Å². The summed E-state index contributed by atoms with van der Waals surface area (Å²) in [4.78, 5) is 42.1. The number of carboxylic acid groups (broad SMARTS) is 1. The Hall–Kier alpha value is -2.89. The molecule has 0 saturated heterocycles. The third-order valence-electron chi connectivity index (χ3n) is 5.96. The molecule has 0 bridgehead atoms. The summed E-state index contributed by atoms with van der Waals surface area (Å²) < 4.78 is 10.4. The van der Waals surface area contributed by atoms with Crippen LogP contribution in [0.3, 0.4) is 0 Å². The van der Waals surface area contributed by atoms with Crippen LogP contribution in [-0.2, 0) is 20.8 Å². The van der Waals surface area contributed by atoms with E-state index in [-0.39, 0.29) is 30.0 Å². The molecule has 0 radical (unpaired) electrons. The molecule has 12 heteroatoms. The lowest BCUT2D eigenvalue weighted by molar-refractivity contribution is -0.143. The summed E-state index contributed by atoms with van der Waals surface area (Å²) in [5.74, 6) is -1.08. The Labute approximate surface area is 202 Å². The molecule has 1 aliphatic carbocycles. The van der Waals surface area contributed by atoms with E-state index in [0.717, 1.165) is 12.8 Å². The summed E-state index contributed by atoms with van der Waals surface area (Å²) >= 11 is 4.38. The number of aliphatic carboxylic acids is 1. The molecular formula is C22H31N5O6S.